The minimum absolute atomic E-state index is 0.162. The van der Waals surface area contributed by atoms with Crippen molar-refractivity contribution in [3.05, 3.63) is 32.9 Å². The average molecular weight is 401 g/mol. The Kier molecular flexibility index (Phi) is 5.24. The van der Waals surface area contributed by atoms with Crippen LogP contribution in [0, 0.1) is 16.4 Å². The topological polar surface area (TPSA) is 57.6 Å². The van der Waals surface area contributed by atoms with E-state index in [9.17, 15) is 14.7 Å². The number of nitrogens with zero attached hydrogens (tertiary/aromatic N) is 1. The summed E-state index contributed by atoms with van der Waals surface area (Å²) in [6.07, 6.45) is 2.40. The van der Waals surface area contributed by atoms with Gasteiger partial charge >= 0.3 is 5.97 Å². The Morgan fingerprint density at radius 1 is 1.43 bits per heavy atom. The highest BCUT2D eigenvalue weighted by atomic mass is 127. The van der Waals surface area contributed by atoms with Crippen LogP contribution >= 0.6 is 22.6 Å². The van der Waals surface area contributed by atoms with Crippen molar-refractivity contribution in [1.82, 2.24) is 4.90 Å². The second-order valence-electron chi connectivity index (χ2n) is 5.59. The third-order valence-corrected chi connectivity index (χ3v) is 5.69. The summed E-state index contributed by atoms with van der Waals surface area (Å²) in [5.41, 5.74) is 1.65. The third-order valence-electron chi connectivity index (χ3n) is 4.26. The van der Waals surface area contributed by atoms with Crippen molar-refractivity contribution >= 4 is 34.5 Å². The molecule has 1 N–H and O–H groups in total. The molecule has 1 aromatic rings. The van der Waals surface area contributed by atoms with Crippen molar-refractivity contribution < 1.29 is 14.7 Å². The zero-order chi connectivity index (χ0) is 15.6. The fraction of sp³-hybridized carbons (Fsp3) is 0.500. The summed E-state index contributed by atoms with van der Waals surface area (Å²) >= 11 is 2.16. The maximum absolute atomic E-state index is 12.7. The molecule has 0 radical (unpaired) electrons. The van der Waals surface area contributed by atoms with E-state index in [2.05, 4.69) is 29.5 Å². The molecule has 1 aromatic carbocycles. The maximum Gasteiger partial charge on any atom is 0.326 e. The SMILES string of the molecule is CCC1CCN(C(=O)c2cccc(C)c2I)C(C(=O)O)C1. The number of hydrogen-bond donors (Lipinski definition) is 1. The average Bonchev–Trinajstić information content (AvgIpc) is 2.48. The summed E-state index contributed by atoms with van der Waals surface area (Å²) in [6.45, 7) is 4.55. The fourth-order valence-electron chi connectivity index (χ4n) is 2.85. The number of aryl methyl sites for hydroxylation is 1. The standard InChI is InChI=1S/C16H20INO3/c1-3-11-7-8-18(13(9-11)16(20)21)15(19)12-6-4-5-10(2)14(12)17/h4-6,11,13H,3,7-9H2,1-2H3,(H,20,21). The lowest BCUT2D eigenvalue weighted by Gasteiger charge is -2.37. The molecule has 4 nitrogen and oxygen atoms in total. The molecule has 0 saturated carbocycles. The summed E-state index contributed by atoms with van der Waals surface area (Å²) in [7, 11) is 0. The van der Waals surface area contributed by atoms with Crippen LogP contribution in [0.25, 0.3) is 0 Å². The van der Waals surface area contributed by atoms with Gasteiger partial charge in [0.05, 0.1) is 5.56 Å². The van der Waals surface area contributed by atoms with Gasteiger partial charge in [0.15, 0.2) is 0 Å². The minimum Gasteiger partial charge on any atom is -0.480 e. The number of benzene rings is 1. The number of carbonyl (C=O) groups excluding carboxylic acids is 1. The van der Waals surface area contributed by atoms with Gasteiger partial charge < -0.3 is 10.0 Å². The van der Waals surface area contributed by atoms with Gasteiger partial charge in [-0.05, 0) is 59.9 Å². The van der Waals surface area contributed by atoms with Gasteiger partial charge in [-0.2, -0.15) is 0 Å². The lowest BCUT2D eigenvalue weighted by atomic mass is 9.88. The van der Waals surface area contributed by atoms with Crippen molar-refractivity contribution in [3.8, 4) is 0 Å². The molecular formula is C16H20INO3. The minimum atomic E-state index is -0.899. The Bertz CT molecular complexity index is 558. The molecule has 1 amide bonds. The maximum atomic E-state index is 12.7. The summed E-state index contributed by atoms with van der Waals surface area (Å²) in [5.74, 6) is -0.666. The zero-order valence-corrected chi connectivity index (χ0v) is 14.5. The smallest absolute Gasteiger partial charge is 0.326 e. The summed E-state index contributed by atoms with van der Waals surface area (Å²) in [6, 6.07) is 4.88. The van der Waals surface area contributed by atoms with Gasteiger partial charge in [0.2, 0.25) is 0 Å². The molecule has 1 aliphatic heterocycles. The fourth-order valence-corrected chi connectivity index (χ4v) is 3.44. The second kappa shape index (κ2) is 6.77. The predicted octanol–water partition coefficient (Wildman–Crippen LogP) is 3.32. The number of rotatable bonds is 3. The van der Waals surface area contributed by atoms with E-state index in [-0.39, 0.29) is 5.91 Å². The number of likely N-dealkylation sites (tertiary alicyclic amines) is 1. The normalized spacial score (nSPS) is 22.1. The number of carboxylic acid groups (broad SMARTS) is 1. The van der Waals surface area contributed by atoms with Gasteiger partial charge in [-0.25, -0.2) is 4.79 Å². The molecule has 1 saturated heterocycles. The number of carbonyl (C=O) groups is 2. The quantitative estimate of drug-likeness (QED) is 0.791. The Labute approximate surface area is 138 Å². The summed E-state index contributed by atoms with van der Waals surface area (Å²) in [4.78, 5) is 25.8. The molecular weight excluding hydrogens is 381 g/mol. The molecule has 0 bridgehead atoms. The van der Waals surface area contributed by atoms with Crippen LogP contribution in [0.4, 0.5) is 0 Å². The van der Waals surface area contributed by atoms with Crippen LogP contribution in [0.15, 0.2) is 18.2 Å². The van der Waals surface area contributed by atoms with Gasteiger partial charge in [-0.15, -0.1) is 0 Å². The zero-order valence-electron chi connectivity index (χ0n) is 12.3. The first-order chi connectivity index (χ1) is 9.95. The number of amides is 1. The number of piperidine rings is 1. The molecule has 0 spiro atoms. The molecule has 2 atom stereocenters. The number of halogens is 1. The van der Waals surface area contributed by atoms with Crippen LogP contribution in [0.5, 0.6) is 0 Å². The van der Waals surface area contributed by atoms with Crippen molar-refractivity contribution in [2.75, 3.05) is 6.54 Å². The molecule has 0 aliphatic carbocycles. The van der Waals surface area contributed by atoms with Crippen LogP contribution in [-0.4, -0.2) is 34.5 Å². The van der Waals surface area contributed by atoms with E-state index in [0.717, 1.165) is 22.0 Å². The first-order valence-corrected chi connectivity index (χ1v) is 8.32. The monoisotopic (exact) mass is 401 g/mol. The van der Waals surface area contributed by atoms with Crippen molar-refractivity contribution in [2.45, 2.75) is 39.2 Å². The molecule has 0 aromatic heterocycles. The van der Waals surface area contributed by atoms with Crippen LogP contribution in [0.2, 0.25) is 0 Å². The number of carboxylic acids is 1. The lowest BCUT2D eigenvalue weighted by Crippen LogP contribution is -2.50. The summed E-state index contributed by atoms with van der Waals surface area (Å²) < 4.78 is 0.904. The number of hydrogen-bond acceptors (Lipinski definition) is 2. The van der Waals surface area contributed by atoms with Crippen LogP contribution in [0.3, 0.4) is 0 Å². The Morgan fingerprint density at radius 2 is 2.14 bits per heavy atom. The Morgan fingerprint density at radius 3 is 2.76 bits per heavy atom. The predicted molar refractivity (Wildman–Crippen MR) is 89.4 cm³/mol. The van der Waals surface area contributed by atoms with Crippen molar-refractivity contribution in [2.24, 2.45) is 5.92 Å². The highest BCUT2D eigenvalue weighted by molar-refractivity contribution is 14.1. The lowest BCUT2D eigenvalue weighted by molar-refractivity contribution is -0.144. The van der Waals surface area contributed by atoms with Crippen LogP contribution < -0.4 is 0 Å². The van der Waals surface area contributed by atoms with Crippen LogP contribution in [-0.2, 0) is 4.79 Å². The molecule has 114 valence electrons. The van der Waals surface area contributed by atoms with E-state index in [1.54, 1.807) is 6.07 Å². The van der Waals surface area contributed by atoms with E-state index in [1.807, 2.05) is 19.1 Å². The van der Waals surface area contributed by atoms with Gasteiger partial charge in [0, 0.05) is 10.1 Å². The van der Waals surface area contributed by atoms with Gasteiger partial charge in [0.25, 0.3) is 5.91 Å². The summed E-state index contributed by atoms with van der Waals surface area (Å²) in [5, 5.41) is 9.45. The van der Waals surface area contributed by atoms with E-state index in [4.69, 9.17) is 0 Å². The van der Waals surface area contributed by atoms with Crippen LogP contribution in [0.1, 0.15) is 42.1 Å². The van der Waals surface area contributed by atoms with E-state index in [1.165, 1.54) is 4.90 Å². The molecule has 1 heterocycles. The molecule has 5 heteroatoms. The Balaban J connectivity index is 2.28. The highest BCUT2D eigenvalue weighted by Gasteiger charge is 2.36. The van der Waals surface area contributed by atoms with E-state index >= 15 is 0 Å². The molecule has 2 rings (SSSR count). The molecule has 1 fully saturated rings. The number of aliphatic carboxylic acids is 1. The van der Waals surface area contributed by atoms with Crippen molar-refractivity contribution in [1.29, 1.82) is 0 Å². The Hall–Kier alpha value is -1.11. The van der Waals surface area contributed by atoms with Gasteiger partial charge in [-0.1, -0.05) is 25.5 Å². The van der Waals surface area contributed by atoms with Crippen molar-refractivity contribution in [3.63, 3.8) is 0 Å². The third kappa shape index (κ3) is 3.39. The largest absolute Gasteiger partial charge is 0.480 e. The van der Waals surface area contributed by atoms with E-state index in [0.29, 0.717) is 24.4 Å². The second-order valence-corrected chi connectivity index (χ2v) is 6.67. The molecule has 2 unspecified atom stereocenters. The highest BCUT2D eigenvalue weighted by Crippen LogP contribution is 2.28. The van der Waals surface area contributed by atoms with Gasteiger partial charge in [-0.3, -0.25) is 4.79 Å². The molecule has 1 aliphatic rings. The first-order valence-electron chi connectivity index (χ1n) is 7.24. The van der Waals surface area contributed by atoms with Gasteiger partial charge in [0.1, 0.15) is 6.04 Å². The van der Waals surface area contributed by atoms with E-state index < -0.39 is 12.0 Å². The molecule has 21 heavy (non-hydrogen) atoms. The first kappa shape index (κ1) is 16.3.